The van der Waals surface area contributed by atoms with E-state index in [-0.39, 0.29) is 31.1 Å². The lowest BCUT2D eigenvalue weighted by Gasteiger charge is -2.18. The Labute approximate surface area is 323 Å². The van der Waals surface area contributed by atoms with Gasteiger partial charge < -0.3 is 14.2 Å². The monoisotopic (exact) mass is 737 g/mol. The van der Waals surface area contributed by atoms with Gasteiger partial charge in [-0.3, -0.25) is 14.4 Å². The fraction of sp³-hybridized carbons (Fsp3) is 0.935. The first-order valence-electron chi connectivity index (χ1n) is 22.8. The third-order valence-corrected chi connectivity index (χ3v) is 10.9. The molecule has 0 aromatic rings. The standard InChI is InChI=1S/C46H88O6/c1-6-9-10-11-12-13-14-21-26-31-36-44(47)50-39-43(52-46(49)38-33-28-23-18-16-20-25-30-35-42(5)8-3)40-51-45(48)37-32-27-22-17-15-19-24-29-34-41(4)7-2/h41-43H,6-40H2,1-5H3/t41?,42?,43-/m1/s1. The van der Waals surface area contributed by atoms with E-state index in [0.717, 1.165) is 69.6 Å². The minimum absolute atomic E-state index is 0.0655. The van der Waals surface area contributed by atoms with E-state index in [1.807, 2.05) is 0 Å². The third kappa shape index (κ3) is 36.8. The van der Waals surface area contributed by atoms with Crippen LogP contribution < -0.4 is 0 Å². The van der Waals surface area contributed by atoms with Crippen molar-refractivity contribution in [3.8, 4) is 0 Å². The molecular formula is C46H88O6. The second-order valence-corrected chi connectivity index (χ2v) is 16.2. The number of ether oxygens (including phenoxy) is 3. The van der Waals surface area contributed by atoms with Crippen molar-refractivity contribution < 1.29 is 28.6 Å². The van der Waals surface area contributed by atoms with E-state index in [1.165, 1.54) is 135 Å². The van der Waals surface area contributed by atoms with Crippen LogP contribution >= 0.6 is 0 Å². The number of esters is 3. The highest BCUT2D eigenvalue weighted by Gasteiger charge is 2.19. The molecule has 0 saturated heterocycles. The lowest BCUT2D eigenvalue weighted by atomic mass is 9.99. The molecule has 6 nitrogen and oxygen atoms in total. The SMILES string of the molecule is CCCCCCCCCCCCC(=O)OC[C@H](COC(=O)CCCCCCCCCCC(C)CC)OC(=O)CCCCCCCCCCC(C)CC. The highest BCUT2D eigenvalue weighted by Crippen LogP contribution is 2.17. The summed E-state index contributed by atoms with van der Waals surface area (Å²) in [7, 11) is 0. The summed E-state index contributed by atoms with van der Waals surface area (Å²) >= 11 is 0. The third-order valence-electron chi connectivity index (χ3n) is 10.9. The molecular weight excluding hydrogens is 648 g/mol. The van der Waals surface area contributed by atoms with Crippen LogP contribution in [0.5, 0.6) is 0 Å². The minimum atomic E-state index is -0.760. The molecule has 0 heterocycles. The predicted octanol–water partition coefficient (Wildman–Crippen LogP) is 14.2. The zero-order valence-corrected chi connectivity index (χ0v) is 35.4. The highest BCUT2D eigenvalue weighted by molar-refractivity contribution is 5.71. The van der Waals surface area contributed by atoms with Gasteiger partial charge >= 0.3 is 17.9 Å². The molecule has 0 fully saturated rings. The Bertz CT molecular complexity index is 798. The molecule has 0 amide bonds. The number of carbonyl (C=O) groups excluding carboxylic acids is 3. The molecule has 6 heteroatoms. The van der Waals surface area contributed by atoms with Crippen molar-refractivity contribution in [3.63, 3.8) is 0 Å². The summed E-state index contributed by atoms with van der Waals surface area (Å²) in [6.07, 6.45) is 36.5. The van der Waals surface area contributed by atoms with Gasteiger partial charge in [-0.15, -0.1) is 0 Å². The summed E-state index contributed by atoms with van der Waals surface area (Å²) in [5, 5.41) is 0. The van der Waals surface area contributed by atoms with Crippen molar-refractivity contribution in [2.45, 2.75) is 253 Å². The second-order valence-electron chi connectivity index (χ2n) is 16.2. The number of unbranched alkanes of at least 4 members (excludes halogenated alkanes) is 23. The van der Waals surface area contributed by atoms with Gasteiger partial charge in [-0.2, -0.15) is 0 Å². The van der Waals surface area contributed by atoms with Crippen molar-refractivity contribution in [2.24, 2.45) is 11.8 Å². The van der Waals surface area contributed by atoms with Crippen LogP contribution in [0.4, 0.5) is 0 Å². The van der Waals surface area contributed by atoms with Crippen LogP contribution in [0.3, 0.4) is 0 Å². The van der Waals surface area contributed by atoms with Crippen molar-refractivity contribution >= 4 is 17.9 Å². The Morgan fingerprint density at radius 2 is 0.673 bits per heavy atom. The van der Waals surface area contributed by atoms with E-state index in [9.17, 15) is 14.4 Å². The van der Waals surface area contributed by atoms with Gasteiger partial charge in [0.05, 0.1) is 0 Å². The van der Waals surface area contributed by atoms with Gasteiger partial charge in [-0.05, 0) is 31.1 Å². The van der Waals surface area contributed by atoms with E-state index in [4.69, 9.17) is 14.2 Å². The Hall–Kier alpha value is -1.59. The summed E-state index contributed by atoms with van der Waals surface area (Å²) in [5.74, 6) is 0.831. The Kier molecular flexibility index (Phi) is 37.9. The van der Waals surface area contributed by atoms with Crippen molar-refractivity contribution in [2.75, 3.05) is 13.2 Å². The highest BCUT2D eigenvalue weighted by atomic mass is 16.6. The van der Waals surface area contributed by atoms with E-state index in [1.54, 1.807) is 0 Å². The van der Waals surface area contributed by atoms with Gasteiger partial charge in [0.25, 0.3) is 0 Å². The van der Waals surface area contributed by atoms with Crippen LogP contribution in [0.25, 0.3) is 0 Å². The van der Waals surface area contributed by atoms with E-state index >= 15 is 0 Å². The molecule has 0 aliphatic carbocycles. The summed E-state index contributed by atoms with van der Waals surface area (Å²) in [5.41, 5.74) is 0. The average molecular weight is 737 g/mol. The van der Waals surface area contributed by atoms with E-state index < -0.39 is 6.10 Å². The van der Waals surface area contributed by atoms with Crippen molar-refractivity contribution in [1.29, 1.82) is 0 Å². The molecule has 0 aromatic heterocycles. The molecule has 2 unspecified atom stereocenters. The minimum Gasteiger partial charge on any atom is -0.462 e. The number of rotatable bonds is 40. The summed E-state index contributed by atoms with van der Waals surface area (Å²) in [4.78, 5) is 37.7. The normalized spacial score (nSPS) is 13.1. The van der Waals surface area contributed by atoms with Crippen LogP contribution in [0, 0.1) is 11.8 Å². The molecule has 0 radical (unpaired) electrons. The lowest BCUT2D eigenvalue weighted by molar-refractivity contribution is -0.167. The number of hydrogen-bond acceptors (Lipinski definition) is 6. The molecule has 0 aliphatic rings. The predicted molar refractivity (Wildman–Crippen MR) is 220 cm³/mol. The van der Waals surface area contributed by atoms with Crippen LogP contribution in [0.1, 0.15) is 247 Å². The van der Waals surface area contributed by atoms with Crippen LogP contribution in [-0.4, -0.2) is 37.2 Å². The maximum absolute atomic E-state index is 12.7. The Balaban J connectivity index is 4.36. The summed E-state index contributed by atoms with van der Waals surface area (Å²) in [6.45, 7) is 11.3. The Morgan fingerprint density at radius 3 is 1.00 bits per heavy atom. The first kappa shape index (κ1) is 50.4. The van der Waals surface area contributed by atoms with Gasteiger partial charge in [0.2, 0.25) is 0 Å². The fourth-order valence-electron chi connectivity index (χ4n) is 6.69. The van der Waals surface area contributed by atoms with Crippen LogP contribution in [0.15, 0.2) is 0 Å². The smallest absolute Gasteiger partial charge is 0.306 e. The maximum Gasteiger partial charge on any atom is 0.306 e. The summed E-state index contributed by atoms with van der Waals surface area (Å²) < 4.78 is 16.7. The molecule has 3 atom stereocenters. The molecule has 0 aromatic carbocycles. The van der Waals surface area contributed by atoms with Gasteiger partial charge in [0.15, 0.2) is 6.10 Å². The fourth-order valence-corrected chi connectivity index (χ4v) is 6.69. The van der Waals surface area contributed by atoms with Crippen molar-refractivity contribution in [3.05, 3.63) is 0 Å². The summed E-state index contributed by atoms with van der Waals surface area (Å²) in [6, 6.07) is 0. The molecule has 0 N–H and O–H groups in total. The maximum atomic E-state index is 12.7. The molecule has 0 rings (SSSR count). The quantitative estimate of drug-likeness (QED) is 0.0354. The molecule has 0 bridgehead atoms. The molecule has 0 aliphatic heterocycles. The average Bonchev–Trinajstić information content (AvgIpc) is 3.14. The molecule has 0 saturated carbocycles. The molecule has 52 heavy (non-hydrogen) atoms. The lowest BCUT2D eigenvalue weighted by Crippen LogP contribution is -2.30. The van der Waals surface area contributed by atoms with Gasteiger partial charge in [-0.25, -0.2) is 0 Å². The first-order chi connectivity index (χ1) is 25.3. The van der Waals surface area contributed by atoms with Gasteiger partial charge in [0.1, 0.15) is 13.2 Å². The number of carbonyl (C=O) groups is 3. The topological polar surface area (TPSA) is 78.9 Å². The Morgan fingerprint density at radius 1 is 0.385 bits per heavy atom. The second kappa shape index (κ2) is 39.1. The largest absolute Gasteiger partial charge is 0.462 e. The first-order valence-corrected chi connectivity index (χ1v) is 22.8. The zero-order valence-electron chi connectivity index (χ0n) is 35.4. The van der Waals surface area contributed by atoms with Crippen molar-refractivity contribution in [1.82, 2.24) is 0 Å². The van der Waals surface area contributed by atoms with E-state index in [2.05, 4.69) is 34.6 Å². The van der Waals surface area contributed by atoms with Gasteiger partial charge in [0, 0.05) is 19.3 Å². The van der Waals surface area contributed by atoms with E-state index in [0.29, 0.717) is 19.3 Å². The molecule has 0 spiro atoms. The zero-order chi connectivity index (χ0) is 38.3. The van der Waals surface area contributed by atoms with Crippen LogP contribution in [-0.2, 0) is 28.6 Å². The molecule has 308 valence electrons. The number of hydrogen-bond donors (Lipinski definition) is 0. The van der Waals surface area contributed by atoms with Gasteiger partial charge in [-0.1, -0.05) is 208 Å². The van der Waals surface area contributed by atoms with Crippen LogP contribution in [0.2, 0.25) is 0 Å².